The van der Waals surface area contributed by atoms with Gasteiger partial charge in [0, 0.05) is 5.69 Å². The molecule has 0 fully saturated rings. The van der Waals surface area contributed by atoms with E-state index in [0.717, 1.165) is 12.1 Å². The fraction of sp³-hybridized carbons (Fsp3) is 0.125. The number of nitrogens with zero attached hydrogens (tertiary/aromatic N) is 2. The summed E-state index contributed by atoms with van der Waals surface area (Å²) in [5, 5.41) is 0. The molecular weight excluding hydrogens is 316 g/mol. The van der Waals surface area contributed by atoms with Crippen molar-refractivity contribution in [1.82, 2.24) is 9.55 Å². The highest BCUT2D eigenvalue weighted by Crippen LogP contribution is 2.41. The van der Waals surface area contributed by atoms with Crippen LogP contribution in [0, 0.1) is 6.20 Å². The van der Waals surface area contributed by atoms with Crippen LogP contribution in [-0.2, 0) is 12.0 Å². The van der Waals surface area contributed by atoms with Gasteiger partial charge in [-0.15, -0.1) is 0 Å². The van der Waals surface area contributed by atoms with Crippen LogP contribution >= 0.6 is 0 Å². The zero-order valence-electron chi connectivity index (χ0n) is 14.8. The predicted octanol–water partition coefficient (Wildman–Crippen LogP) is 5.09. The van der Waals surface area contributed by atoms with Crippen LogP contribution in [0.15, 0.2) is 97.3 Å². The number of hydrogen-bond acceptors (Lipinski definition) is 1. The molecule has 0 atom stereocenters. The maximum Gasteiger partial charge on any atom is 0.121 e. The van der Waals surface area contributed by atoms with Crippen molar-refractivity contribution in [3.05, 3.63) is 126 Å². The van der Waals surface area contributed by atoms with E-state index in [-0.39, 0.29) is 0 Å². The van der Waals surface area contributed by atoms with Crippen LogP contribution in [0.2, 0.25) is 0 Å². The van der Waals surface area contributed by atoms with Gasteiger partial charge < -0.3 is 4.57 Å². The predicted molar refractivity (Wildman–Crippen MR) is 105 cm³/mol. The van der Waals surface area contributed by atoms with Gasteiger partial charge in [0.25, 0.3) is 0 Å². The second-order valence-corrected chi connectivity index (χ2v) is 6.34. The maximum atomic E-state index is 4.37. The third kappa shape index (κ3) is 2.55. The maximum absolute atomic E-state index is 4.37. The van der Waals surface area contributed by atoms with Gasteiger partial charge in [0.1, 0.15) is 11.7 Å². The molecule has 4 aromatic rings. The van der Waals surface area contributed by atoms with Crippen molar-refractivity contribution in [3.8, 4) is 0 Å². The number of aromatic nitrogens is 2. The first kappa shape index (κ1) is 16.3. The summed E-state index contributed by atoms with van der Waals surface area (Å²) in [4.78, 5) is 4.37. The standard InChI is InChI=1S/C24H21N2/c1-2-23-18-25-19-26(23)24(20-12-6-3-7-13-20,21-14-8-4-9-15-21)22-16-10-5-11-17-22/h3-17,19H,2H2,1H3. The topological polar surface area (TPSA) is 17.8 Å². The molecule has 0 amide bonds. The molecule has 0 aliphatic carbocycles. The molecule has 1 heterocycles. The Bertz CT molecular complexity index is 860. The van der Waals surface area contributed by atoms with E-state index in [1.54, 1.807) is 0 Å². The van der Waals surface area contributed by atoms with Crippen molar-refractivity contribution in [1.29, 1.82) is 0 Å². The lowest BCUT2D eigenvalue weighted by molar-refractivity contribution is 0.497. The Balaban J connectivity index is 2.15. The first-order valence-corrected chi connectivity index (χ1v) is 8.98. The highest BCUT2D eigenvalue weighted by Gasteiger charge is 2.39. The third-order valence-electron chi connectivity index (χ3n) is 4.93. The number of imidazole rings is 1. The zero-order chi connectivity index (χ0) is 17.8. The number of rotatable bonds is 5. The quantitative estimate of drug-likeness (QED) is 0.464. The average molecular weight is 337 g/mol. The molecule has 4 rings (SSSR count). The van der Waals surface area contributed by atoms with Crippen molar-refractivity contribution < 1.29 is 0 Å². The van der Waals surface area contributed by atoms with Gasteiger partial charge in [-0.3, -0.25) is 0 Å². The molecule has 3 aromatic carbocycles. The van der Waals surface area contributed by atoms with E-state index in [9.17, 15) is 0 Å². The fourth-order valence-corrected chi connectivity index (χ4v) is 3.78. The Morgan fingerprint density at radius 3 is 1.54 bits per heavy atom. The van der Waals surface area contributed by atoms with Gasteiger partial charge >= 0.3 is 0 Å². The van der Waals surface area contributed by atoms with E-state index in [4.69, 9.17) is 0 Å². The van der Waals surface area contributed by atoms with Crippen LogP contribution in [0.1, 0.15) is 29.3 Å². The minimum Gasteiger partial charge on any atom is -0.315 e. The van der Waals surface area contributed by atoms with Crippen LogP contribution < -0.4 is 0 Å². The number of aryl methyl sites for hydroxylation is 1. The first-order valence-electron chi connectivity index (χ1n) is 8.98. The largest absolute Gasteiger partial charge is 0.315 e. The molecule has 1 radical (unpaired) electrons. The molecule has 2 nitrogen and oxygen atoms in total. The minimum absolute atomic E-state index is 0.484. The molecule has 0 spiro atoms. The molecule has 0 N–H and O–H groups in total. The second kappa shape index (κ2) is 7.01. The molecular formula is C24H21N2. The molecule has 1 aromatic heterocycles. The third-order valence-corrected chi connectivity index (χ3v) is 4.93. The fourth-order valence-electron chi connectivity index (χ4n) is 3.78. The highest BCUT2D eigenvalue weighted by atomic mass is 15.1. The number of benzene rings is 3. The van der Waals surface area contributed by atoms with Gasteiger partial charge in [-0.25, -0.2) is 4.98 Å². The van der Waals surface area contributed by atoms with Crippen molar-refractivity contribution in [2.24, 2.45) is 0 Å². The van der Waals surface area contributed by atoms with Crippen LogP contribution in [0.25, 0.3) is 0 Å². The number of hydrogen-bond donors (Lipinski definition) is 0. The van der Waals surface area contributed by atoms with E-state index in [0.29, 0.717) is 0 Å². The summed E-state index contributed by atoms with van der Waals surface area (Å²) in [6.07, 6.45) is 5.96. The average Bonchev–Trinajstić information content (AvgIpc) is 3.20. The monoisotopic (exact) mass is 337 g/mol. The summed E-state index contributed by atoms with van der Waals surface area (Å²) in [5.74, 6) is 0. The van der Waals surface area contributed by atoms with Crippen LogP contribution in [-0.4, -0.2) is 9.55 Å². The molecule has 127 valence electrons. The summed E-state index contributed by atoms with van der Waals surface area (Å²) in [6, 6.07) is 31.9. The summed E-state index contributed by atoms with van der Waals surface area (Å²) in [5.41, 5.74) is 4.22. The van der Waals surface area contributed by atoms with Crippen LogP contribution in [0.5, 0.6) is 0 Å². The van der Waals surface area contributed by atoms with E-state index in [1.165, 1.54) is 16.7 Å². The lowest BCUT2D eigenvalue weighted by atomic mass is 9.76. The SMILES string of the molecule is CCc1[c]ncn1C(c1ccccc1)(c1ccccc1)c1ccccc1. The summed E-state index contributed by atoms with van der Waals surface area (Å²) < 4.78 is 2.27. The molecule has 0 bridgehead atoms. The van der Waals surface area contributed by atoms with Gasteiger partial charge in [-0.2, -0.15) is 0 Å². The van der Waals surface area contributed by atoms with E-state index < -0.39 is 5.54 Å². The zero-order valence-corrected chi connectivity index (χ0v) is 14.8. The molecule has 0 unspecified atom stereocenters. The van der Waals surface area contributed by atoms with Crippen LogP contribution in [0.4, 0.5) is 0 Å². The summed E-state index contributed by atoms with van der Waals surface area (Å²) in [7, 11) is 0. The molecule has 0 aliphatic heterocycles. The Kier molecular flexibility index (Phi) is 4.40. The summed E-state index contributed by atoms with van der Waals surface area (Å²) >= 11 is 0. The van der Waals surface area contributed by atoms with E-state index in [2.05, 4.69) is 114 Å². The van der Waals surface area contributed by atoms with Gasteiger partial charge in [0.2, 0.25) is 0 Å². The Labute approximate surface area is 154 Å². The van der Waals surface area contributed by atoms with Crippen molar-refractivity contribution in [2.75, 3.05) is 0 Å². The minimum atomic E-state index is -0.484. The molecule has 0 saturated heterocycles. The van der Waals surface area contributed by atoms with Gasteiger partial charge in [0.15, 0.2) is 0 Å². The Hall–Kier alpha value is -3.13. The molecule has 0 saturated carbocycles. The Morgan fingerprint density at radius 2 is 1.15 bits per heavy atom. The molecule has 2 heteroatoms. The van der Waals surface area contributed by atoms with Gasteiger partial charge in [-0.1, -0.05) is 97.9 Å². The summed E-state index contributed by atoms with van der Waals surface area (Å²) in [6.45, 7) is 2.15. The van der Waals surface area contributed by atoms with Gasteiger partial charge in [0.05, 0.1) is 6.33 Å². The lowest BCUT2D eigenvalue weighted by Gasteiger charge is -2.38. The molecule has 0 aliphatic rings. The lowest BCUT2D eigenvalue weighted by Crippen LogP contribution is -2.38. The normalized spacial score (nSPS) is 11.4. The van der Waals surface area contributed by atoms with Crippen molar-refractivity contribution >= 4 is 0 Å². The highest BCUT2D eigenvalue weighted by molar-refractivity contribution is 5.51. The van der Waals surface area contributed by atoms with E-state index >= 15 is 0 Å². The van der Waals surface area contributed by atoms with Crippen molar-refractivity contribution in [2.45, 2.75) is 18.9 Å². The van der Waals surface area contributed by atoms with Gasteiger partial charge in [-0.05, 0) is 23.1 Å². The smallest absolute Gasteiger partial charge is 0.121 e. The van der Waals surface area contributed by atoms with Crippen LogP contribution in [0.3, 0.4) is 0 Å². The van der Waals surface area contributed by atoms with Crippen molar-refractivity contribution in [3.63, 3.8) is 0 Å². The molecule has 26 heavy (non-hydrogen) atoms. The second-order valence-electron chi connectivity index (χ2n) is 6.34. The van der Waals surface area contributed by atoms with E-state index in [1.807, 2.05) is 6.33 Å². The first-order chi connectivity index (χ1) is 12.9. The Morgan fingerprint density at radius 1 is 0.731 bits per heavy atom.